The second-order valence-electron chi connectivity index (χ2n) is 10.4. The summed E-state index contributed by atoms with van der Waals surface area (Å²) in [5, 5.41) is 0. The molecule has 0 aromatic heterocycles. The Morgan fingerprint density at radius 3 is 1.48 bits per heavy atom. The van der Waals surface area contributed by atoms with Gasteiger partial charge in [0, 0.05) is 5.56 Å². The van der Waals surface area contributed by atoms with Crippen molar-refractivity contribution >= 4 is 5.57 Å². The van der Waals surface area contributed by atoms with Crippen molar-refractivity contribution in [3.05, 3.63) is 36.4 Å². The number of benzene rings is 1. The van der Waals surface area contributed by atoms with Crippen molar-refractivity contribution < 1.29 is 4.74 Å². The second kappa shape index (κ2) is 21.3. The number of hydrogen-bond acceptors (Lipinski definition) is 1. The van der Waals surface area contributed by atoms with Crippen LogP contribution in [-0.2, 0) is 0 Å². The molecule has 1 heteroatoms. The highest BCUT2D eigenvalue weighted by Crippen LogP contribution is 2.26. The summed E-state index contributed by atoms with van der Waals surface area (Å²) in [7, 11) is 0. The molecule has 1 aromatic rings. The largest absolute Gasteiger partial charge is 0.490 e. The molecule has 0 saturated carbocycles. The van der Waals surface area contributed by atoms with Gasteiger partial charge in [0.1, 0.15) is 5.75 Å². The van der Waals surface area contributed by atoms with E-state index < -0.39 is 0 Å². The lowest BCUT2D eigenvalue weighted by Gasteiger charge is -2.17. The van der Waals surface area contributed by atoms with Crippen molar-refractivity contribution in [3.8, 4) is 5.75 Å². The molecule has 0 saturated heterocycles. The van der Waals surface area contributed by atoms with Crippen LogP contribution in [-0.4, -0.2) is 6.10 Å². The van der Waals surface area contributed by atoms with Crippen LogP contribution in [0.4, 0.5) is 0 Å². The van der Waals surface area contributed by atoms with E-state index in [1.54, 1.807) is 0 Å². The molecule has 0 aliphatic heterocycles. The number of para-hydroxylation sites is 1. The van der Waals surface area contributed by atoms with Gasteiger partial charge in [0.2, 0.25) is 0 Å². The van der Waals surface area contributed by atoms with Gasteiger partial charge in [-0.25, -0.2) is 0 Å². The highest BCUT2D eigenvalue weighted by molar-refractivity contribution is 5.66. The first-order chi connectivity index (χ1) is 16.1. The van der Waals surface area contributed by atoms with E-state index in [0.717, 1.165) is 23.3 Å². The Morgan fingerprint density at radius 2 is 1.06 bits per heavy atom. The third-order valence-electron chi connectivity index (χ3n) is 6.89. The highest BCUT2D eigenvalue weighted by Gasteiger charge is 2.08. The van der Waals surface area contributed by atoms with E-state index in [4.69, 9.17) is 4.74 Å². The zero-order valence-electron chi connectivity index (χ0n) is 22.6. The van der Waals surface area contributed by atoms with Crippen LogP contribution < -0.4 is 4.74 Å². The Labute approximate surface area is 207 Å². The molecule has 0 fully saturated rings. The summed E-state index contributed by atoms with van der Waals surface area (Å²) in [4.78, 5) is 0. The predicted molar refractivity (Wildman–Crippen MR) is 149 cm³/mol. The standard InChI is InChI=1S/C32H56O/c1-5-6-7-8-9-10-11-12-13-14-15-16-17-18-19-20-21-22-23-26-30(4)33-32-28-25-24-27-31(32)29(2)3/h24-25,27-28,30H,2,5-23,26H2,1,3-4H3. The minimum absolute atomic E-state index is 0.274. The van der Waals surface area contributed by atoms with Gasteiger partial charge in [0.25, 0.3) is 0 Å². The monoisotopic (exact) mass is 456 g/mol. The fourth-order valence-electron chi connectivity index (χ4n) is 4.71. The van der Waals surface area contributed by atoms with E-state index in [0.29, 0.717) is 0 Å². The smallest absolute Gasteiger partial charge is 0.127 e. The van der Waals surface area contributed by atoms with Crippen LogP contribution in [0, 0.1) is 0 Å². The maximum atomic E-state index is 6.18. The van der Waals surface area contributed by atoms with Crippen molar-refractivity contribution in [1.29, 1.82) is 0 Å². The summed E-state index contributed by atoms with van der Waals surface area (Å²) in [6.07, 6.45) is 28.6. The first-order valence-corrected chi connectivity index (χ1v) is 14.6. The fourth-order valence-corrected chi connectivity index (χ4v) is 4.71. The van der Waals surface area contributed by atoms with E-state index in [1.165, 1.54) is 122 Å². The zero-order chi connectivity index (χ0) is 24.0. The van der Waals surface area contributed by atoms with Gasteiger partial charge in [-0.05, 0) is 38.3 Å². The summed E-state index contributed by atoms with van der Waals surface area (Å²) in [5.41, 5.74) is 2.21. The molecule has 0 aliphatic carbocycles. The highest BCUT2D eigenvalue weighted by atomic mass is 16.5. The lowest BCUT2D eigenvalue weighted by molar-refractivity contribution is 0.205. The molecule has 1 unspecified atom stereocenters. The van der Waals surface area contributed by atoms with Gasteiger partial charge in [-0.2, -0.15) is 0 Å². The van der Waals surface area contributed by atoms with Gasteiger partial charge < -0.3 is 4.74 Å². The van der Waals surface area contributed by atoms with Crippen molar-refractivity contribution in [2.24, 2.45) is 0 Å². The topological polar surface area (TPSA) is 9.23 Å². The van der Waals surface area contributed by atoms with Gasteiger partial charge in [0.15, 0.2) is 0 Å². The van der Waals surface area contributed by atoms with Crippen LogP contribution in [0.25, 0.3) is 5.57 Å². The molecule has 0 radical (unpaired) electrons. The average Bonchev–Trinajstić information content (AvgIpc) is 2.80. The Balaban J connectivity index is 1.83. The van der Waals surface area contributed by atoms with Crippen molar-refractivity contribution in [3.63, 3.8) is 0 Å². The molecule has 1 rings (SSSR count). The molecule has 1 aromatic carbocycles. The fraction of sp³-hybridized carbons (Fsp3) is 0.750. The van der Waals surface area contributed by atoms with E-state index in [-0.39, 0.29) is 6.10 Å². The molecule has 33 heavy (non-hydrogen) atoms. The molecule has 190 valence electrons. The third kappa shape index (κ3) is 16.9. The van der Waals surface area contributed by atoms with Gasteiger partial charge in [0.05, 0.1) is 6.10 Å². The molecule has 0 bridgehead atoms. The average molecular weight is 457 g/mol. The number of rotatable bonds is 23. The molecule has 1 atom stereocenters. The SMILES string of the molecule is C=C(C)c1ccccc1OC(C)CCCCCCCCCCCCCCCCCCCCC. The molecule has 0 heterocycles. The van der Waals surface area contributed by atoms with Crippen LogP contribution in [0.2, 0.25) is 0 Å². The Morgan fingerprint density at radius 1 is 0.667 bits per heavy atom. The first kappa shape index (κ1) is 29.8. The molecule has 0 aliphatic rings. The number of allylic oxidation sites excluding steroid dienone is 1. The maximum Gasteiger partial charge on any atom is 0.127 e. The van der Waals surface area contributed by atoms with Crippen molar-refractivity contribution in [2.75, 3.05) is 0 Å². The van der Waals surface area contributed by atoms with Crippen molar-refractivity contribution in [2.45, 2.75) is 155 Å². The molecule has 0 N–H and O–H groups in total. The lowest BCUT2D eigenvalue weighted by atomic mass is 10.0. The zero-order valence-corrected chi connectivity index (χ0v) is 22.6. The van der Waals surface area contributed by atoms with Gasteiger partial charge in [-0.3, -0.25) is 0 Å². The Hall–Kier alpha value is -1.24. The van der Waals surface area contributed by atoms with Crippen LogP contribution in [0.5, 0.6) is 5.75 Å². The second-order valence-corrected chi connectivity index (χ2v) is 10.4. The minimum atomic E-state index is 0.274. The molecular weight excluding hydrogens is 400 g/mol. The first-order valence-electron chi connectivity index (χ1n) is 14.6. The Kier molecular flexibility index (Phi) is 19.2. The molecular formula is C32H56O. The van der Waals surface area contributed by atoms with E-state index in [1.807, 2.05) is 13.0 Å². The van der Waals surface area contributed by atoms with Crippen molar-refractivity contribution in [1.82, 2.24) is 0 Å². The maximum absolute atomic E-state index is 6.18. The molecule has 1 nitrogen and oxygen atoms in total. The van der Waals surface area contributed by atoms with Gasteiger partial charge in [-0.1, -0.05) is 147 Å². The van der Waals surface area contributed by atoms with Gasteiger partial charge in [-0.15, -0.1) is 0 Å². The summed E-state index contributed by atoms with van der Waals surface area (Å²) in [6, 6.07) is 8.27. The van der Waals surface area contributed by atoms with E-state index >= 15 is 0 Å². The Bertz CT molecular complexity index is 576. The summed E-state index contributed by atoms with van der Waals surface area (Å²) in [6.45, 7) is 10.6. The van der Waals surface area contributed by atoms with E-state index in [9.17, 15) is 0 Å². The predicted octanol–water partition coefficient (Wildman–Crippen LogP) is 11.3. The van der Waals surface area contributed by atoms with Crippen LogP contribution in [0.15, 0.2) is 30.8 Å². The van der Waals surface area contributed by atoms with Gasteiger partial charge >= 0.3 is 0 Å². The lowest BCUT2D eigenvalue weighted by Crippen LogP contribution is -2.12. The summed E-state index contributed by atoms with van der Waals surface area (Å²) >= 11 is 0. The number of hydrogen-bond donors (Lipinski definition) is 0. The van der Waals surface area contributed by atoms with E-state index in [2.05, 4.69) is 38.6 Å². The van der Waals surface area contributed by atoms with Crippen LogP contribution in [0.1, 0.15) is 155 Å². The molecule has 0 spiro atoms. The molecule has 0 amide bonds. The third-order valence-corrected chi connectivity index (χ3v) is 6.89. The summed E-state index contributed by atoms with van der Waals surface area (Å²) in [5.74, 6) is 0.982. The normalized spacial score (nSPS) is 12.1. The number of unbranched alkanes of at least 4 members (excludes halogenated alkanes) is 18. The van der Waals surface area contributed by atoms with Crippen LogP contribution >= 0.6 is 0 Å². The summed E-state index contributed by atoms with van der Waals surface area (Å²) < 4.78 is 6.18. The minimum Gasteiger partial charge on any atom is -0.490 e. The quantitative estimate of drug-likeness (QED) is 0.149. The van der Waals surface area contributed by atoms with Crippen LogP contribution in [0.3, 0.4) is 0 Å². The number of ether oxygens (including phenoxy) is 1.